The molecule has 0 aliphatic rings. The van der Waals surface area contributed by atoms with Crippen molar-refractivity contribution in [3.8, 4) is 0 Å². The van der Waals surface area contributed by atoms with Gasteiger partial charge in [-0.05, 0) is 12.8 Å². The van der Waals surface area contributed by atoms with E-state index in [1.165, 1.54) is 320 Å². The van der Waals surface area contributed by atoms with Crippen LogP contribution in [0.25, 0.3) is 0 Å². The topological polar surface area (TPSA) is 52.6 Å². The molecule has 4 heteroatoms. The first-order valence-corrected chi connectivity index (χ1v) is 29.7. The Kier molecular flexibility index (Phi) is 56.6. The molecule has 0 unspecified atom stereocenters. The van der Waals surface area contributed by atoms with E-state index in [0.29, 0.717) is 13.2 Å². The van der Waals surface area contributed by atoms with Crippen LogP contribution in [0.15, 0.2) is 12.2 Å². The second-order valence-corrected chi connectivity index (χ2v) is 20.3. The Hall–Kier alpha value is -1.32. The molecule has 0 heterocycles. The molecule has 0 fully saturated rings. The zero-order valence-corrected chi connectivity index (χ0v) is 44.0. The van der Waals surface area contributed by atoms with Crippen molar-refractivity contribution in [1.82, 2.24) is 0 Å². The van der Waals surface area contributed by atoms with Gasteiger partial charge in [-0.25, -0.2) is 9.59 Å². The van der Waals surface area contributed by atoms with Crippen LogP contribution in [0.2, 0.25) is 0 Å². The predicted octanol–water partition coefficient (Wildman–Crippen LogP) is 21.0. The maximum Gasteiger partial charge on any atom is 0.331 e. The van der Waals surface area contributed by atoms with E-state index in [1.54, 1.807) is 0 Å². The fourth-order valence-corrected chi connectivity index (χ4v) is 9.41. The number of hydrogen-bond acceptors (Lipinski definition) is 4. The Bertz CT molecular complexity index is 841. The van der Waals surface area contributed by atoms with Crippen LogP contribution in [0.1, 0.15) is 348 Å². The lowest BCUT2D eigenvalue weighted by molar-refractivity contribution is -0.140. The third-order valence-corrected chi connectivity index (χ3v) is 13.8. The van der Waals surface area contributed by atoms with Crippen molar-refractivity contribution in [3.05, 3.63) is 12.2 Å². The van der Waals surface area contributed by atoms with E-state index < -0.39 is 11.9 Å². The van der Waals surface area contributed by atoms with Crippen molar-refractivity contribution in [3.63, 3.8) is 0 Å². The second-order valence-electron chi connectivity index (χ2n) is 20.3. The Morgan fingerprint density at radius 3 is 0.484 bits per heavy atom. The summed E-state index contributed by atoms with van der Waals surface area (Å²) in [5, 5.41) is 0. The van der Waals surface area contributed by atoms with Crippen molar-refractivity contribution in [2.24, 2.45) is 0 Å². The van der Waals surface area contributed by atoms with Gasteiger partial charge in [0.1, 0.15) is 0 Å². The summed E-state index contributed by atoms with van der Waals surface area (Å²) >= 11 is 0. The van der Waals surface area contributed by atoms with Crippen LogP contribution in [0.3, 0.4) is 0 Å². The summed E-state index contributed by atoms with van der Waals surface area (Å²) in [6.07, 6.45) is 74.3. The standard InChI is InChI=1S/C60H116O4/c1-3-5-7-9-11-13-15-17-19-21-23-25-27-29-31-33-35-37-39-41-43-45-47-49-51-53-57-63-59(61)55-56-60(62)64-58-54-52-50-48-46-44-42-40-38-36-34-32-30-28-26-24-22-20-18-16-14-12-10-8-6-4-2/h55-56H,3-54,57-58H2,1-2H3/b56-55-. The van der Waals surface area contributed by atoms with Crippen LogP contribution in [-0.4, -0.2) is 25.2 Å². The van der Waals surface area contributed by atoms with Gasteiger partial charge in [-0.3, -0.25) is 0 Å². The quantitative estimate of drug-likeness (QED) is 0.0347. The molecule has 0 aromatic rings. The van der Waals surface area contributed by atoms with E-state index in [2.05, 4.69) is 13.8 Å². The molecule has 0 aliphatic carbocycles. The summed E-state index contributed by atoms with van der Waals surface area (Å²) in [5.74, 6) is -0.895. The van der Waals surface area contributed by atoms with E-state index in [9.17, 15) is 9.59 Å². The first kappa shape index (κ1) is 62.7. The largest absolute Gasteiger partial charge is 0.463 e. The molecular formula is C60H116O4. The van der Waals surface area contributed by atoms with Crippen LogP contribution >= 0.6 is 0 Å². The van der Waals surface area contributed by atoms with Gasteiger partial charge >= 0.3 is 11.9 Å². The SMILES string of the molecule is CCCCCCCCCCCCCCCCCCCCCCCCCCCCOC(=O)/C=C\C(=O)OCCCCCCCCCCCCCCCCCCCCCCCCCCCC. The number of ether oxygens (including phenoxy) is 2. The molecule has 380 valence electrons. The molecule has 0 saturated heterocycles. The van der Waals surface area contributed by atoms with Crippen molar-refractivity contribution >= 4 is 11.9 Å². The summed E-state index contributed by atoms with van der Waals surface area (Å²) in [5.41, 5.74) is 0. The van der Waals surface area contributed by atoms with Gasteiger partial charge in [-0.2, -0.15) is 0 Å². The normalized spacial score (nSPS) is 11.6. The van der Waals surface area contributed by atoms with E-state index in [0.717, 1.165) is 25.7 Å². The molecule has 0 aliphatic heterocycles. The van der Waals surface area contributed by atoms with Crippen LogP contribution in [0.5, 0.6) is 0 Å². The molecule has 0 bridgehead atoms. The number of carbonyl (C=O) groups excluding carboxylic acids is 2. The highest BCUT2D eigenvalue weighted by molar-refractivity contribution is 5.91. The average Bonchev–Trinajstić information content (AvgIpc) is 3.30. The molecule has 4 nitrogen and oxygen atoms in total. The molecule has 0 rings (SSSR count). The Morgan fingerprint density at radius 2 is 0.344 bits per heavy atom. The predicted molar refractivity (Wildman–Crippen MR) is 282 cm³/mol. The zero-order chi connectivity index (χ0) is 46.2. The number of hydrogen-bond donors (Lipinski definition) is 0. The first-order chi connectivity index (χ1) is 31.7. The Labute approximate surface area is 402 Å². The van der Waals surface area contributed by atoms with E-state index >= 15 is 0 Å². The monoisotopic (exact) mass is 901 g/mol. The van der Waals surface area contributed by atoms with Crippen LogP contribution in [0, 0.1) is 0 Å². The van der Waals surface area contributed by atoms with Gasteiger partial charge in [0.05, 0.1) is 13.2 Å². The molecule has 0 atom stereocenters. The van der Waals surface area contributed by atoms with Gasteiger partial charge in [-0.15, -0.1) is 0 Å². The fourth-order valence-electron chi connectivity index (χ4n) is 9.41. The van der Waals surface area contributed by atoms with E-state index in [-0.39, 0.29) is 0 Å². The highest BCUT2D eigenvalue weighted by Crippen LogP contribution is 2.18. The van der Waals surface area contributed by atoms with Crippen LogP contribution < -0.4 is 0 Å². The zero-order valence-electron chi connectivity index (χ0n) is 44.0. The number of esters is 2. The molecule has 0 radical (unpaired) electrons. The van der Waals surface area contributed by atoms with Gasteiger partial charge in [0.15, 0.2) is 0 Å². The van der Waals surface area contributed by atoms with Crippen molar-refractivity contribution in [2.75, 3.05) is 13.2 Å². The lowest BCUT2D eigenvalue weighted by Gasteiger charge is -2.05. The summed E-state index contributed by atoms with van der Waals surface area (Å²) < 4.78 is 10.6. The van der Waals surface area contributed by atoms with Crippen molar-refractivity contribution in [2.45, 2.75) is 348 Å². The van der Waals surface area contributed by atoms with Gasteiger partial charge in [0.2, 0.25) is 0 Å². The average molecular weight is 902 g/mol. The molecule has 64 heavy (non-hydrogen) atoms. The molecule has 0 aromatic carbocycles. The molecule has 0 N–H and O–H groups in total. The third kappa shape index (κ3) is 56.8. The van der Waals surface area contributed by atoms with Crippen molar-refractivity contribution < 1.29 is 19.1 Å². The maximum absolute atomic E-state index is 12.0. The maximum atomic E-state index is 12.0. The van der Waals surface area contributed by atoms with Crippen LogP contribution in [0.4, 0.5) is 0 Å². The number of carbonyl (C=O) groups is 2. The lowest BCUT2D eigenvalue weighted by Crippen LogP contribution is -2.06. The highest BCUT2D eigenvalue weighted by Gasteiger charge is 2.03. The van der Waals surface area contributed by atoms with Gasteiger partial charge < -0.3 is 9.47 Å². The first-order valence-electron chi connectivity index (χ1n) is 29.7. The van der Waals surface area contributed by atoms with Gasteiger partial charge in [0, 0.05) is 12.2 Å². The molecule has 0 amide bonds. The smallest absolute Gasteiger partial charge is 0.331 e. The Morgan fingerprint density at radius 1 is 0.219 bits per heavy atom. The number of rotatable bonds is 56. The second kappa shape index (κ2) is 57.8. The lowest BCUT2D eigenvalue weighted by atomic mass is 10.0. The molecular weight excluding hydrogens is 785 g/mol. The summed E-state index contributed by atoms with van der Waals surface area (Å²) in [6, 6.07) is 0. The summed E-state index contributed by atoms with van der Waals surface area (Å²) in [6.45, 7) is 5.45. The van der Waals surface area contributed by atoms with Crippen LogP contribution in [-0.2, 0) is 19.1 Å². The van der Waals surface area contributed by atoms with Gasteiger partial charge in [-0.1, -0.05) is 335 Å². The number of unbranched alkanes of at least 4 members (excludes halogenated alkanes) is 50. The van der Waals surface area contributed by atoms with Crippen molar-refractivity contribution in [1.29, 1.82) is 0 Å². The molecule has 0 spiro atoms. The summed E-state index contributed by atoms with van der Waals surface area (Å²) in [4.78, 5) is 23.9. The van der Waals surface area contributed by atoms with Gasteiger partial charge in [0.25, 0.3) is 0 Å². The molecule has 0 aromatic heterocycles. The fraction of sp³-hybridized carbons (Fsp3) is 0.933. The van der Waals surface area contributed by atoms with E-state index in [4.69, 9.17) is 9.47 Å². The minimum Gasteiger partial charge on any atom is -0.463 e. The minimum atomic E-state index is -0.447. The molecule has 0 saturated carbocycles. The summed E-state index contributed by atoms with van der Waals surface area (Å²) in [7, 11) is 0. The van der Waals surface area contributed by atoms with E-state index in [1.807, 2.05) is 0 Å². The minimum absolute atomic E-state index is 0.428. The highest BCUT2D eigenvalue weighted by atomic mass is 16.5. The Balaban J connectivity index is 3.27. The third-order valence-electron chi connectivity index (χ3n) is 13.8.